The van der Waals surface area contributed by atoms with Gasteiger partial charge in [0.25, 0.3) is 5.91 Å². The standard InChI is InChI=1S/C24H22F7N5OS/c25-19-3-1-15(2-4-19)11-20-33-22(38-34-20)36-9-7-35(8-10-36)6-5-32-21(37)16-12-17(23(26,27)28)14-18(13-16)24(29,30)31/h1-4,12-14H,5-11H2,(H,32,37). The lowest BCUT2D eigenvalue weighted by atomic mass is 10.0. The molecule has 1 saturated heterocycles. The maximum Gasteiger partial charge on any atom is 0.416 e. The second-order valence-corrected chi connectivity index (χ2v) is 9.41. The number of carbonyl (C=O) groups excluding carboxylic acids is 1. The summed E-state index contributed by atoms with van der Waals surface area (Å²) >= 11 is 1.26. The average molecular weight is 562 g/mol. The van der Waals surface area contributed by atoms with Crippen molar-refractivity contribution in [2.45, 2.75) is 18.8 Å². The quantitative estimate of drug-likeness (QED) is 0.418. The lowest BCUT2D eigenvalue weighted by Crippen LogP contribution is -2.48. The third-order valence-electron chi connectivity index (χ3n) is 5.94. The molecule has 2 heterocycles. The van der Waals surface area contributed by atoms with Crippen LogP contribution in [0.1, 0.15) is 32.9 Å². The number of nitrogens with zero attached hydrogens (tertiary/aromatic N) is 4. The topological polar surface area (TPSA) is 61.4 Å². The molecule has 0 radical (unpaired) electrons. The molecular formula is C24H22F7N5OS. The van der Waals surface area contributed by atoms with Gasteiger partial charge in [0.05, 0.1) is 11.1 Å². The van der Waals surface area contributed by atoms with E-state index in [1.165, 1.54) is 23.7 Å². The van der Waals surface area contributed by atoms with E-state index in [1.807, 2.05) is 4.90 Å². The van der Waals surface area contributed by atoms with E-state index in [9.17, 15) is 35.5 Å². The van der Waals surface area contributed by atoms with Crippen LogP contribution in [0.4, 0.5) is 35.9 Å². The van der Waals surface area contributed by atoms with Crippen LogP contribution in [0.25, 0.3) is 0 Å². The molecule has 1 fully saturated rings. The van der Waals surface area contributed by atoms with Crippen molar-refractivity contribution in [1.82, 2.24) is 19.6 Å². The van der Waals surface area contributed by atoms with Crippen molar-refractivity contribution in [3.05, 3.63) is 76.4 Å². The Balaban J connectivity index is 1.26. The van der Waals surface area contributed by atoms with Gasteiger partial charge in [0, 0.05) is 62.8 Å². The van der Waals surface area contributed by atoms with E-state index < -0.39 is 35.0 Å². The first-order chi connectivity index (χ1) is 17.9. The van der Waals surface area contributed by atoms with Crippen molar-refractivity contribution in [3.63, 3.8) is 0 Å². The lowest BCUT2D eigenvalue weighted by Gasteiger charge is -2.34. The van der Waals surface area contributed by atoms with Gasteiger partial charge in [0.15, 0.2) is 0 Å². The van der Waals surface area contributed by atoms with Gasteiger partial charge in [-0.25, -0.2) is 9.37 Å². The van der Waals surface area contributed by atoms with Gasteiger partial charge in [-0.1, -0.05) is 12.1 Å². The molecule has 204 valence electrons. The summed E-state index contributed by atoms with van der Waals surface area (Å²) < 4.78 is 95.6. The Bertz CT molecular complexity index is 1220. The normalized spacial score (nSPS) is 15.1. The molecule has 1 N–H and O–H groups in total. The lowest BCUT2D eigenvalue weighted by molar-refractivity contribution is -0.143. The van der Waals surface area contributed by atoms with Gasteiger partial charge in [-0.3, -0.25) is 9.69 Å². The van der Waals surface area contributed by atoms with Gasteiger partial charge in [0.1, 0.15) is 11.6 Å². The number of hydrogen-bond donors (Lipinski definition) is 1. The van der Waals surface area contributed by atoms with Crippen molar-refractivity contribution in [1.29, 1.82) is 0 Å². The SMILES string of the molecule is O=C(NCCN1CCN(c2nc(Cc3ccc(F)cc3)ns2)CC1)c1cc(C(F)(F)F)cc(C(F)(F)F)c1. The third kappa shape index (κ3) is 7.19. The fraction of sp³-hybridized carbons (Fsp3) is 0.375. The summed E-state index contributed by atoms with van der Waals surface area (Å²) in [5.74, 6) is -0.697. The minimum atomic E-state index is -5.02. The minimum absolute atomic E-state index is 0.0139. The van der Waals surface area contributed by atoms with Crippen molar-refractivity contribution in [2.75, 3.05) is 44.2 Å². The number of amides is 1. The van der Waals surface area contributed by atoms with Crippen molar-refractivity contribution in [3.8, 4) is 0 Å². The van der Waals surface area contributed by atoms with E-state index in [1.54, 1.807) is 12.1 Å². The molecule has 0 saturated carbocycles. The number of nitrogens with one attached hydrogen (secondary N) is 1. The highest BCUT2D eigenvalue weighted by Gasteiger charge is 2.37. The number of halogens is 7. The van der Waals surface area contributed by atoms with E-state index in [4.69, 9.17) is 0 Å². The molecule has 6 nitrogen and oxygen atoms in total. The predicted molar refractivity (Wildman–Crippen MR) is 127 cm³/mol. The fourth-order valence-corrected chi connectivity index (χ4v) is 4.64. The van der Waals surface area contributed by atoms with Crippen LogP contribution in [-0.2, 0) is 18.8 Å². The van der Waals surface area contributed by atoms with Gasteiger partial charge < -0.3 is 10.2 Å². The van der Waals surface area contributed by atoms with E-state index >= 15 is 0 Å². The summed E-state index contributed by atoms with van der Waals surface area (Å²) in [6.07, 6.45) is -9.57. The molecule has 14 heteroatoms. The van der Waals surface area contributed by atoms with Gasteiger partial charge in [-0.2, -0.15) is 30.7 Å². The molecule has 2 aromatic carbocycles. The zero-order valence-corrected chi connectivity index (χ0v) is 20.6. The van der Waals surface area contributed by atoms with Crippen molar-refractivity contribution < 1.29 is 35.5 Å². The summed E-state index contributed by atoms with van der Waals surface area (Å²) in [4.78, 5) is 21.0. The number of carbonyl (C=O) groups is 1. The highest BCUT2D eigenvalue weighted by atomic mass is 32.1. The molecule has 4 rings (SSSR count). The Morgan fingerprint density at radius 3 is 2.11 bits per heavy atom. The highest BCUT2D eigenvalue weighted by Crippen LogP contribution is 2.36. The summed E-state index contributed by atoms with van der Waals surface area (Å²) in [6.45, 7) is 2.91. The summed E-state index contributed by atoms with van der Waals surface area (Å²) in [7, 11) is 0. The minimum Gasteiger partial charge on any atom is -0.351 e. The maximum atomic E-state index is 13.1. The number of alkyl halides is 6. The zero-order valence-electron chi connectivity index (χ0n) is 19.7. The predicted octanol–water partition coefficient (Wildman–Crippen LogP) is 4.86. The smallest absolute Gasteiger partial charge is 0.351 e. The molecule has 0 aliphatic carbocycles. The van der Waals surface area contributed by atoms with E-state index in [2.05, 4.69) is 19.6 Å². The molecular weight excluding hydrogens is 539 g/mol. The number of piperazine rings is 1. The third-order valence-corrected chi connectivity index (χ3v) is 6.75. The van der Waals surface area contributed by atoms with E-state index in [0.717, 1.165) is 10.7 Å². The summed E-state index contributed by atoms with van der Waals surface area (Å²) in [5, 5.41) is 3.15. The maximum absolute atomic E-state index is 13.1. The first-order valence-electron chi connectivity index (χ1n) is 11.5. The molecule has 0 spiro atoms. The second-order valence-electron chi connectivity index (χ2n) is 8.68. The van der Waals surface area contributed by atoms with Crippen molar-refractivity contribution in [2.24, 2.45) is 0 Å². The molecule has 0 atom stereocenters. The molecule has 3 aromatic rings. The van der Waals surface area contributed by atoms with Gasteiger partial charge in [0.2, 0.25) is 5.13 Å². The summed E-state index contributed by atoms with van der Waals surface area (Å²) in [5.41, 5.74) is -2.88. The first-order valence-corrected chi connectivity index (χ1v) is 12.3. The number of hydrogen-bond acceptors (Lipinski definition) is 6. The number of rotatable bonds is 7. The Morgan fingerprint density at radius 1 is 0.921 bits per heavy atom. The van der Waals surface area contributed by atoms with E-state index in [0.29, 0.717) is 57.1 Å². The molecule has 0 unspecified atom stereocenters. The summed E-state index contributed by atoms with van der Waals surface area (Å²) in [6, 6.07) is 6.92. The largest absolute Gasteiger partial charge is 0.416 e. The molecule has 38 heavy (non-hydrogen) atoms. The number of anilines is 1. The van der Waals surface area contributed by atoms with Crippen LogP contribution in [-0.4, -0.2) is 59.4 Å². The van der Waals surface area contributed by atoms with Crippen LogP contribution in [0.5, 0.6) is 0 Å². The van der Waals surface area contributed by atoms with Gasteiger partial charge in [-0.05, 0) is 35.9 Å². The molecule has 1 aromatic heterocycles. The van der Waals surface area contributed by atoms with Crippen molar-refractivity contribution >= 4 is 22.6 Å². The monoisotopic (exact) mass is 561 g/mol. The van der Waals surface area contributed by atoms with Crippen LogP contribution in [0, 0.1) is 5.82 Å². The fourth-order valence-electron chi connectivity index (χ4n) is 3.91. The number of benzene rings is 2. The highest BCUT2D eigenvalue weighted by molar-refractivity contribution is 7.09. The Morgan fingerprint density at radius 2 is 1.53 bits per heavy atom. The number of aromatic nitrogens is 2. The molecule has 1 amide bonds. The Kier molecular flexibility index (Phi) is 8.21. The van der Waals surface area contributed by atoms with Crippen LogP contribution >= 0.6 is 11.5 Å². The average Bonchev–Trinajstić information content (AvgIpc) is 3.33. The van der Waals surface area contributed by atoms with Gasteiger partial charge in [-0.15, -0.1) is 0 Å². The van der Waals surface area contributed by atoms with E-state index in [-0.39, 0.29) is 18.4 Å². The van der Waals surface area contributed by atoms with Crippen LogP contribution < -0.4 is 10.2 Å². The first kappa shape index (κ1) is 27.8. The van der Waals surface area contributed by atoms with Crippen LogP contribution in [0.15, 0.2) is 42.5 Å². The van der Waals surface area contributed by atoms with Crippen LogP contribution in [0.3, 0.4) is 0 Å². The second kappa shape index (κ2) is 11.2. The Hall–Kier alpha value is -3.26. The van der Waals surface area contributed by atoms with Crippen LogP contribution in [0.2, 0.25) is 0 Å². The molecule has 0 bridgehead atoms. The Labute approximate surface area is 217 Å². The molecule has 1 aliphatic rings. The molecule has 1 aliphatic heterocycles. The zero-order chi connectivity index (χ0) is 27.5. The van der Waals surface area contributed by atoms with Gasteiger partial charge >= 0.3 is 12.4 Å².